The second kappa shape index (κ2) is 13.3. The van der Waals surface area contributed by atoms with E-state index >= 15 is 0 Å². The molecule has 0 aliphatic carbocycles. The third-order valence-corrected chi connectivity index (χ3v) is 9.96. The van der Waals surface area contributed by atoms with Gasteiger partial charge in [0.25, 0.3) is 0 Å². The number of sulfonamides is 2. The fourth-order valence-corrected chi connectivity index (χ4v) is 7.89. The van der Waals surface area contributed by atoms with Crippen LogP contribution in [0.25, 0.3) is 0 Å². The lowest BCUT2D eigenvalue weighted by atomic mass is 10.1. The molecule has 0 aliphatic rings. The van der Waals surface area contributed by atoms with Crippen molar-refractivity contribution in [1.82, 2.24) is 9.44 Å². The second-order valence-corrected chi connectivity index (χ2v) is 15.7. The second-order valence-electron chi connectivity index (χ2n) is 10.6. The van der Waals surface area contributed by atoms with Gasteiger partial charge in [0, 0.05) is 33.0 Å². The monoisotopic (exact) mass is 681 g/mol. The molecule has 4 N–H and O–H groups in total. The van der Waals surface area contributed by atoms with Crippen LogP contribution in [0.2, 0.25) is 0 Å². The van der Waals surface area contributed by atoms with E-state index in [9.17, 15) is 21.6 Å². The van der Waals surface area contributed by atoms with Gasteiger partial charge in [-0.1, -0.05) is 12.1 Å². The minimum absolute atomic E-state index is 0.0881. The molecule has 208 valence electrons. The Balaban J connectivity index is 0.000000375. The number of benzene rings is 2. The van der Waals surface area contributed by atoms with E-state index in [4.69, 9.17) is 5.73 Å². The number of nitrogens with two attached hydrogens (primary N) is 1. The fraction of sp³-hybridized carbons (Fsp3) is 0.480. The zero-order valence-electron chi connectivity index (χ0n) is 22.3. The van der Waals surface area contributed by atoms with Gasteiger partial charge in [0.15, 0.2) is 0 Å². The Bertz CT molecular complexity index is 1310. The molecule has 0 fully saturated rings. The smallest absolute Gasteiger partial charge is 0.242 e. The van der Waals surface area contributed by atoms with Crippen molar-refractivity contribution in [2.75, 3.05) is 0 Å². The van der Waals surface area contributed by atoms with Gasteiger partial charge in [-0.25, -0.2) is 26.3 Å². The first kappa shape index (κ1) is 33.9. The Labute approximate surface area is 238 Å². The Morgan fingerprint density at radius 1 is 0.784 bits per heavy atom. The maximum Gasteiger partial charge on any atom is 0.242 e. The van der Waals surface area contributed by atoms with Gasteiger partial charge in [-0.2, -0.15) is 0 Å². The molecule has 0 aromatic heterocycles. The van der Waals surface area contributed by atoms with Crippen molar-refractivity contribution in [2.45, 2.75) is 88.7 Å². The summed E-state index contributed by atoms with van der Waals surface area (Å²) in [7, 11) is -7.13. The molecule has 2 aromatic rings. The molecular formula is C25H37Br2N3O5S2. The first-order chi connectivity index (χ1) is 16.7. The lowest BCUT2D eigenvalue weighted by Gasteiger charge is -2.21. The molecule has 0 unspecified atom stereocenters. The van der Waals surface area contributed by atoms with Gasteiger partial charge in [0.1, 0.15) is 5.78 Å². The first-order valence-corrected chi connectivity index (χ1v) is 16.1. The number of halogens is 2. The summed E-state index contributed by atoms with van der Waals surface area (Å²) < 4.78 is 55.3. The number of aryl methyl sites for hydroxylation is 1. The number of nitrogens with one attached hydrogen (secondary N) is 2. The van der Waals surface area contributed by atoms with E-state index < -0.39 is 31.1 Å². The summed E-state index contributed by atoms with van der Waals surface area (Å²) in [4.78, 5) is 11.4. The maximum atomic E-state index is 12.4. The summed E-state index contributed by atoms with van der Waals surface area (Å²) in [6.45, 7) is 12.6. The number of carbonyl (C=O) groups is 1. The molecule has 37 heavy (non-hydrogen) atoms. The maximum absolute atomic E-state index is 12.4. The van der Waals surface area contributed by atoms with Crippen LogP contribution in [0.5, 0.6) is 0 Å². The fourth-order valence-electron chi connectivity index (χ4n) is 3.03. The molecule has 0 atom stereocenters. The Morgan fingerprint density at radius 3 is 1.51 bits per heavy atom. The van der Waals surface area contributed by atoms with Gasteiger partial charge in [0.2, 0.25) is 20.0 Å². The number of ketones is 1. The number of hydrogen-bond donors (Lipinski definition) is 3. The van der Waals surface area contributed by atoms with E-state index in [0.29, 0.717) is 28.3 Å². The van der Waals surface area contributed by atoms with Crippen molar-refractivity contribution in [3.05, 3.63) is 56.5 Å². The topological polar surface area (TPSA) is 135 Å². The number of carbonyl (C=O) groups excluding carboxylic acids is 1. The van der Waals surface area contributed by atoms with Gasteiger partial charge < -0.3 is 10.5 Å². The van der Waals surface area contributed by atoms with Crippen LogP contribution in [0.15, 0.2) is 55.1 Å². The zero-order valence-corrected chi connectivity index (χ0v) is 27.1. The van der Waals surface area contributed by atoms with E-state index in [0.717, 1.165) is 11.1 Å². The van der Waals surface area contributed by atoms with Gasteiger partial charge in [-0.15, -0.1) is 0 Å². The van der Waals surface area contributed by atoms with Crippen molar-refractivity contribution in [2.24, 2.45) is 5.73 Å². The van der Waals surface area contributed by atoms with Crippen LogP contribution < -0.4 is 15.2 Å². The Kier molecular flexibility index (Phi) is 12.2. The van der Waals surface area contributed by atoms with E-state index in [-0.39, 0.29) is 15.6 Å². The van der Waals surface area contributed by atoms with Crippen molar-refractivity contribution >= 4 is 57.7 Å². The minimum atomic E-state index is -3.59. The number of hydrogen-bond acceptors (Lipinski definition) is 6. The predicted molar refractivity (Wildman–Crippen MR) is 155 cm³/mol. The van der Waals surface area contributed by atoms with Crippen LogP contribution in [-0.2, 0) is 37.8 Å². The first-order valence-electron chi connectivity index (χ1n) is 11.5. The summed E-state index contributed by atoms with van der Waals surface area (Å²) in [6, 6.07) is 10.2. The van der Waals surface area contributed by atoms with E-state index in [1.807, 2.05) is 6.07 Å². The lowest BCUT2D eigenvalue weighted by Crippen LogP contribution is -2.40. The van der Waals surface area contributed by atoms with Crippen molar-refractivity contribution in [3.8, 4) is 0 Å². The molecule has 0 amide bonds. The normalized spacial score (nSPS) is 12.6. The van der Waals surface area contributed by atoms with Crippen molar-refractivity contribution < 1.29 is 21.6 Å². The average Bonchev–Trinajstić information content (AvgIpc) is 2.70. The minimum Gasteiger partial charge on any atom is -0.326 e. The van der Waals surface area contributed by atoms with Crippen LogP contribution in [0, 0.1) is 0 Å². The molecule has 0 aliphatic heterocycles. The van der Waals surface area contributed by atoms with Gasteiger partial charge in [0.05, 0.1) is 9.79 Å². The van der Waals surface area contributed by atoms with Crippen LogP contribution in [-0.4, -0.2) is 33.7 Å². The summed E-state index contributed by atoms with van der Waals surface area (Å²) in [5.41, 5.74) is 6.06. The van der Waals surface area contributed by atoms with Gasteiger partial charge >= 0.3 is 0 Å². The number of rotatable bonds is 8. The van der Waals surface area contributed by atoms with Crippen LogP contribution in [0.4, 0.5) is 0 Å². The quantitative estimate of drug-likeness (QED) is 0.357. The molecule has 0 saturated carbocycles. The van der Waals surface area contributed by atoms with Crippen LogP contribution in [0.3, 0.4) is 0 Å². The predicted octanol–water partition coefficient (Wildman–Crippen LogP) is 5.03. The summed E-state index contributed by atoms with van der Waals surface area (Å²) in [6.07, 6.45) is 0.953. The standard InChI is InChI=1S/C14H20BrNO3S.C11H17BrN2O2S/c1-10(17)5-6-11-7-8-12(15)13(9-11)20(18,19)16-14(2,3)4;1-11(2,3)14-17(15,16)10-6-8(7-13)4-5-9(10)12/h7-9,16H,5-6H2,1-4H3;4-6,14H,7,13H2,1-3H3. The highest BCUT2D eigenvalue weighted by Crippen LogP contribution is 2.26. The number of Topliss-reactive ketones (excluding diaryl/α,β-unsaturated/α-hetero) is 1. The van der Waals surface area contributed by atoms with Gasteiger partial charge in [-0.3, -0.25) is 0 Å². The molecule has 0 bridgehead atoms. The Morgan fingerprint density at radius 2 is 1.16 bits per heavy atom. The molecule has 0 radical (unpaired) electrons. The average molecular weight is 684 g/mol. The lowest BCUT2D eigenvalue weighted by molar-refractivity contribution is -0.116. The summed E-state index contributed by atoms with van der Waals surface area (Å²) >= 11 is 6.51. The highest BCUT2D eigenvalue weighted by Gasteiger charge is 2.25. The van der Waals surface area contributed by atoms with E-state index in [1.54, 1.807) is 71.9 Å². The van der Waals surface area contributed by atoms with E-state index in [2.05, 4.69) is 41.3 Å². The molecular weight excluding hydrogens is 646 g/mol. The van der Waals surface area contributed by atoms with Gasteiger partial charge in [-0.05, 0) is 122 Å². The molecule has 0 spiro atoms. The third kappa shape index (κ3) is 12.1. The third-order valence-electron chi connectivity index (χ3n) is 4.45. The van der Waals surface area contributed by atoms with E-state index in [1.165, 1.54) is 6.92 Å². The van der Waals surface area contributed by atoms with Crippen molar-refractivity contribution in [1.29, 1.82) is 0 Å². The van der Waals surface area contributed by atoms with Crippen LogP contribution in [0.1, 0.15) is 66.0 Å². The molecule has 8 nitrogen and oxygen atoms in total. The zero-order chi connectivity index (χ0) is 28.8. The molecule has 2 aromatic carbocycles. The largest absolute Gasteiger partial charge is 0.326 e. The summed E-state index contributed by atoms with van der Waals surface area (Å²) in [5, 5.41) is 0. The molecule has 0 saturated heterocycles. The Hall–Kier alpha value is -1.15. The highest BCUT2D eigenvalue weighted by atomic mass is 79.9. The molecule has 0 heterocycles. The molecule has 12 heteroatoms. The highest BCUT2D eigenvalue weighted by molar-refractivity contribution is 9.10. The van der Waals surface area contributed by atoms with Crippen molar-refractivity contribution in [3.63, 3.8) is 0 Å². The van der Waals surface area contributed by atoms with Crippen LogP contribution >= 0.6 is 31.9 Å². The molecule has 2 rings (SSSR count). The SMILES string of the molecule is CC(=O)CCc1ccc(Br)c(S(=O)(=O)NC(C)(C)C)c1.CC(C)(C)NS(=O)(=O)c1cc(CN)ccc1Br. The summed E-state index contributed by atoms with van der Waals surface area (Å²) in [5.74, 6) is 0.0881.